The molecule has 1 aliphatic heterocycles. The number of rotatable bonds is 5. The van der Waals surface area contributed by atoms with Gasteiger partial charge in [-0.3, -0.25) is 9.59 Å². The number of halogens is 1. The van der Waals surface area contributed by atoms with Crippen LogP contribution in [0.1, 0.15) is 44.0 Å². The van der Waals surface area contributed by atoms with Gasteiger partial charge in [0.05, 0.1) is 18.5 Å². The highest BCUT2D eigenvalue weighted by molar-refractivity contribution is 6.00. The summed E-state index contributed by atoms with van der Waals surface area (Å²) in [5, 5.41) is 14.7. The molecule has 142 valence electrons. The number of hydrogen-bond acceptors (Lipinski definition) is 5. The smallest absolute Gasteiger partial charge is 0.227 e. The number of tetrazole rings is 1. The summed E-state index contributed by atoms with van der Waals surface area (Å²) in [6.45, 7) is 0.521. The number of carbonyl (C=O) groups excluding carboxylic acids is 2. The molecule has 1 aromatic heterocycles. The number of hydrogen-bond donors (Lipinski definition) is 1. The van der Waals surface area contributed by atoms with Crippen LogP contribution in [-0.2, 0) is 16.1 Å². The minimum atomic E-state index is -0.446. The Morgan fingerprint density at radius 2 is 1.96 bits per heavy atom. The van der Waals surface area contributed by atoms with E-state index in [9.17, 15) is 14.0 Å². The molecule has 1 N–H and O–H groups in total. The first-order valence-corrected chi connectivity index (χ1v) is 9.22. The van der Waals surface area contributed by atoms with E-state index in [4.69, 9.17) is 0 Å². The minimum absolute atomic E-state index is 0.136. The van der Waals surface area contributed by atoms with Gasteiger partial charge in [-0.15, -0.1) is 5.10 Å². The van der Waals surface area contributed by atoms with Crippen LogP contribution >= 0.6 is 0 Å². The van der Waals surface area contributed by atoms with Crippen LogP contribution in [0.25, 0.3) is 0 Å². The molecule has 1 aliphatic carbocycles. The lowest BCUT2D eigenvalue weighted by atomic mass is 10.1. The largest absolute Gasteiger partial charge is 0.348 e. The summed E-state index contributed by atoms with van der Waals surface area (Å²) in [7, 11) is 0. The van der Waals surface area contributed by atoms with Crippen LogP contribution in [0.4, 0.5) is 10.1 Å². The first kappa shape index (κ1) is 17.6. The predicted octanol–water partition coefficient (Wildman–Crippen LogP) is 1.60. The van der Waals surface area contributed by atoms with E-state index in [0.717, 1.165) is 12.8 Å². The van der Waals surface area contributed by atoms with Gasteiger partial charge in [0.2, 0.25) is 11.8 Å². The quantitative estimate of drug-likeness (QED) is 0.860. The lowest BCUT2D eigenvalue weighted by Gasteiger charge is -2.17. The van der Waals surface area contributed by atoms with E-state index in [1.165, 1.54) is 29.9 Å². The number of nitrogens with zero attached hydrogens (tertiary/aromatic N) is 5. The molecule has 1 saturated heterocycles. The fourth-order valence-corrected chi connectivity index (χ4v) is 3.83. The van der Waals surface area contributed by atoms with Crippen molar-refractivity contribution in [3.05, 3.63) is 35.9 Å². The Kier molecular flexibility index (Phi) is 4.83. The van der Waals surface area contributed by atoms with Gasteiger partial charge >= 0.3 is 0 Å². The molecule has 1 saturated carbocycles. The van der Waals surface area contributed by atoms with Crippen LogP contribution in [0.2, 0.25) is 0 Å². The van der Waals surface area contributed by atoms with Crippen molar-refractivity contribution in [2.24, 2.45) is 5.92 Å². The van der Waals surface area contributed by atoms with Gasteiger partial charge in [0.1, 0.15) is 5.82 Å². The molecule has 2 fully saturated rings. The zero-order chi connectivity index (χ0) is 18.8. The summed E-state index contributed by atoms with van der Waals surface area (Å²) < 4.78 is 14.9. The van der Waals surface area contributed by atoms with E-state index in [1.807, 2.05) is 0 Å². The van der Waals surface area contributed by atoms with Crippen LogP contribution in [0.3, 0.4) is 0 Å². The Morgan fingerprint density at radius 3 is 2.70 bits per heavy atom. The molecule has 4 rings (SSSR count). The molecule has 1 atom stereocenters. The van der Waals surface area contributed by atoms with Gasteiger partial charge in [-0.2, -0.15) is 0 Å². The average Bonchev–Trinajstić information content (AvgIpc) is 3.40. The molecule has 2 aromatic rings. The van der Waals surface area contributed by atoms with E-state index in [0.29, 0.717) is 17.6 Å². The van der Waals surface area contributed by atoms with Gasteiger partial charge in [-0.05, 0) is 47.5 Å². The SMILES string of the molecule is O=C(NCc1nnnn1C1CCCC1)C1CC(=O)N(c2ccc(F)cc2)C1. The lowest BCUT2D eigenvalue weighted by Crippen LogP contribution is -2.33. The second-order valence-electron chi connectivity index (χ2n) is 7.08. The Morgan fingerprint density at radius 1 is 1.22 bits per heavy atom. The number of benzene rings is 1. The number of anilines is 1. The van der Waals surface area contributed by atoms with Gasteiger partial charge in [0, 0.05) is 18.7 Å². The molecule has 0 spiro atoms. The van der Waals surface area contributed by atoms with Crippen molar-refractivity contribution in [3.63, 3.8) is 0 Å². The Labute approximate surface area is 155 Å². The first-order chi connectivity index (χ1) is 13.1. The van der Waals surface area contributed by atoms with Crippen molar-refractivity contribution < 1.29 is 14.0 Å². The summed E-state index contributed by atoms with van der Waals surface area (Å²) in [5.41, 5.74) is 0.599. The highest BCUT2D eigenvalue weighted by Gasteiger charge is 2.35. The molecule has 8 nitrogen and oxygen atoms in total. The standard InChI is InChI=1S/C18H21FN6O2/c19-13-5-7-14(8-6-13)24-11-12(9-17(24)26)18(27)20-10-16-21-22-23-25(16)15-3-1-2-4-15/h5-8,12,15H,1-4,9-11H2,(H,20,27). The molecule has 1 unspecified atom stereocenters. The normalized spacial score (nSPS) is 20.4. The zero-order valence-electron chi connectivity index (χ0n) is 14.8. The van der Waals surface area contributed by atoms with E-state index in [2.05, 4.69) is 20.8 Å². The number of amides is 2. The van der Waals surface area contributed by atoms with Crippen LogP contribution in [0.15, 0.2) is 24.3 Å². The van der Waals surface area contributed by atoms with E-state index < -0.39 is 5.92 Å². The van der Waals surface area contributed by atoms with Gasteiger partial charge in [-0.1, -0.05) is 12.8 Å². The molecular formula is C18H21FN6O2. The highest BCUT2D eigenvalue weighted by atomic mass is 19.1. The monoisotopic (exact) mass is 372 g/mol. The van der Waals surface area contributed by atoms with Crippen molar-refractivity contribution in [1.82, 2.24) is 25.5 Å². The van der Waals surface area contributed by atoms with Crippen molar-refractivity contribution in [1.29, 1.82) is 0 Å². The van der Waals surface area contributed by atoms with Crippen LogP contribution in [0, 0.1) is 11.7 Å². The molecule has 2 aliphatic rings. The lowest BCUT2D eigenvalue weighted by molar-refractivity contribution is -0.126. The van der Waals surface area contributed by atoms with Crippen molar-refractivity contribution in [2.45, 2.75) is 44.7 Å². The molecule has 2 amide bonds. The van der Waals surface area contributed by atoms with Gasteiger partial charge in [-0.25, -0.2) is 9.07 Å². The molecule has 0 bridgehead atoms. The van der Waals surface area contributed by atoms with E-state index in [1.54, 1.807) is 16.8 Å². The number of carbonyl (C=O) groups is 2. The van der Waals surface area contributed by atoms with Gasteiger partial charge in [0.15, 0.2) is 5.82 Å². The molecular weight excluding hydrogens is 351 g/mol. The van der Waals surface area contributed by atoms with Crippen molar-refractivity contribution >= 4 is 17.5 Å². The topological polar surface area (TPSA) is 93.0 Å². The first-order valence-electron chi connectivity index (χ1n) is 9.22. The van der Waals surface area contributed by atoms with Crippen molar-refractivity contribution in [3.8, 4) is 0 Å². The maximum atomic E-state index is 13.1. The third-order valence-corrected chi connectivity index (χ3v) is 5.29. The number of nitrogens with one attached hydrogen (secondary N) is 1. The fraction of sp³-hybridized carbons (Fsp3) is 0.500. The van der Waals surface area contributed by atoms with E-state index >= 15 is 0 Å². The van der Waals surface area contributed by atoms with Crippen LogP contribution in [0.5, 0.6) is 0 Å². The van der Waals surface area contributed by atoms with Crippen LogP contribution < -0.4 is 10.2 Å². The number of aromatic nitrogens is 4. The minimum Gasteiger partial charge on any atom is -0.348 e. The molecule has 0 radical (unpaired) electrons. The summed E-state index contributed by atoms with van der Waals surface area (Å²) in [6, 6.07) is 6.00. The zero-order valence-corrected chi connectivity index (χ0v) is 14.8. The summed E-state index contributed by atoms with van der Waals surface area (Å²) >= 11 is 0. The molecule has 27 heavy (non-hydrogen) atoms. The van der Waals surface area contributed by atoms with Gasteiger partial charge in [0.25, 0.3) is 0 Å². The molecule has 2 heterocycles. The van der Waals surface area contributed by atoms with E-state index in [-0.39, 0.29) is 37.1 Å². The summed E-state index contributed by atoms with van der Waals surface area (Å²) in [4.78, 5) is 26.3. The highest BCUT2D eigenvalue weighted by Crippen LogP contribution is 2.29. The second-order valence-corrected chi connectivity index (χ2v) is 7.08. The van der Waals surface area contributed by atoms with Crippen LogP contribution in [-0.4, -0.2) is 38.6 Å². The van der Waals surface area contributed by atoms with Gasteiger partial charge < -0.3 is 10.2 Å². The second kappa shape index (κ2) is 7.42. The maximum absolute atomic E-state index is 13.1. The summed E-state index contributed by atoms with van der Waals surface area (Å²) in [5.74, 6) is -0.514. The third-order valence-electron chi connectivity index (χ3n) is 5.29. The molecule has 9 heteroatoms. The average molecular weight is 372 g/mol. The Hall–Kier alpha value is -2.84. The maximum Gasteiger partial charge on any atom is 0.227 e. The third kappa shape index (κ3) is 3.67. The predicted molar refractivity (Wildman–Crippen MR) is 94.0 cm³/mol. The Balaban J connectivity index is 1.36. The Bertz CT molecular complexity index is 831. The molecule has 1 aromatic carbocycles. The summed E-state index contributed by atoms with van der Waals surface area (Å²) in [6.07, 6.45) is 4.57. The van der Waals surface area contributed by atoms with Crippen molar-refractivity contribution in [2.75, 3.05) is 11.4 Å². The fourth-order valence-electron chi connectivity index (χ4n) is 3.83.